The van der Waals surface area contributed by atoms with E-state index in [2.05, 4.69) is 164 Å². The first-order chi connectivity index (χ1) is 23.4. The molecule has 0 amide bonds. The summed E-state index contributed by atoms with van der Waals surface area (Å²) in [6.07, 6.45) is 2.73. The van der Waals surface area contributed by atoms with Crippen molar-refractivity contribution in [2.45, 2.75) is 111 Å². The molecule has 4 aromatic rings. The van der Waals surface area contributed by atoms with Crippen molar-refractivity contribution in [3.8, 4) is 11.5 Å². The predicted molar refractivity (Wildman–Crippen MR) is 217 cm³/mol. The summed E-state index contributed by atoms with van der Waals surface area (Å²) in [6, 6.07) is 30.5. The first-order valence-corrected chi connectivity index (χ1v) is 23.9. The number of phenols is 2. The maximum atomic E-state index is 11.5. The van der Waals surface area contributed by atoms with Crippen LogP contribution in [0.3, 0.4) is 0 Å². The predicted octanol–water partition coefficient (Wildman–Crippen LogP) is 11.3. The second-order valence-electron chi connectivity index (χ2n) is 16.0. The number of phenolic OH excluding ortho intramolecular Hbond substituents is 2. The van der Waals surface area contributed by atoms with Gasteiger partial charge in [0.15, 0.2) is 0 Å². The van der Waals surface area contributed by atoms with Crippen molar-refractivity contribution < 1.29 is 31.1 Å². The Morgan fingerprint density at radius 2 is 0.922 bits per heavy atom. The van der Waals surface area contributed by atoms with Crippen LogP contribution in [-0.2, 0) is 57.6 Å². The Labute approximate surface area is 328 Å². The summed E-state index contributed by atoms with van der Waals surface area (Å²) in [6.45, 7) is 18.5. The molecule has 0 unspecified atom stereocenters. The van der Waals surface area contributed by atoms with Gasteiger partial charge in [-0.25, -0.2) is 0 Å². The summed E-state index contributed by atoms with van der Waals surface area (Å²) in [5, 5.41) is 22.9. The second-order valence-corrected chi connectivity index (χ2v) is 19.7. The van der Waals surface area contributed by atoms with Gasteiger partial charge in [-0.15, -0.1) is 0 Å². The molecule has 0 spiro atoms. The quantitative estimate of drug-likeness (QED) is 0.140. The average molecular weight is 812 g/mol. The van der Waals surface area contributed by atoms with E-state index in [0.29, 0.717) is 24.6 Å². The molecule has 2 N–H and O–H groups in total. The summed E-state index contributed by atoms with van der Waals surface area (Å²) < 4.78 is 0. The number of rotatable bonds is 12. The van der Waals surface area contributed by atoms with Gasteiger partial charge >= 0.3 is 37.9 Å². The summed E-state index contributed by atoms with van der Waals surface area (Å²) in [5.74, 6) is 0.826. The van der Waals surface area contributed by atoms with Gasteiger partial charge in [0, 0.05) is 36.3 Å². The van der Waals surface area contributed by atoms with Gasteiger partial charge in [0.2, 0.25) is 0 Å². The standard InChI is InChI=1S/C43H58N2O2.CH3.2ClH.Zr/c1-30-21-34(40(46)38(23-30)42(3,4)5)28-44(9)36(25-32-17-13-11-14-18-32)27-37(26-33-19-15-12-16-20-33)45(10)29-35-22-31(2)24-39(41(35)47)43(6,7)8;;;;/h11-24,36-37,46-47H,25-29H2,1-10H3;1H3;2*1H;/q;-1;;;+4/p-2/t36-,37-;;;;/m1..../s1. The van der Waals surface area contributed by atoms with Crippen molar-refractivity contribution in [3.05, 3.63) is 137 Å². The van der Waals surface area contributed by atoms with E-state index in [1.165, 1.54) is 22.3 Å². The average Bonchev–Trinajstić information content (AvgIpc) is 3.03. The van der Waals surface area contributed by atoms with Crippen LogP contribution in [0.25, 0.3) is 0 Å². The Kier molecular flexibility index (Phi) is 18.0. The molecule has 0 saturated heterocycles. The molecule has 0 aliphatic rings. The van der Waals surface area contributed by atoms with Crippen LogP contribution >= 0.6 is 17.0 Å². The van der Waals surface area contributed by atoms with Crippen molar-refractivity contribution in [1.82, 2.24) is 9.80 Å². The van der Waals surface area contributed by atoms with Crippen molar-refractivity contribution in [3.63, 3.8) is 0 Å². The van der Waals surface area contributed by atoms with Crippen LogP contribution in [0, 0.1) is 21.3 Å². The molecule has 0 heterocycles. The number of aromatic hydroxyl groups is 2. The van der Waals surface area contributed by atoms with Gasteiger partial charge in [0.05, 0.1) is 0 Å². The number of benzene rings is 4. The van der Waals surface area contributed by atoms with Gasteiger partial charge in [0.1, 0.15) is 11.5 Å². The zero-order valence-corrected chi connectivity index (χ0v) is 36.8. The molecule has 2 atom stereocenters. The molecule has 0 fully saturated rings. The van der Waals surface area contributed by atoms with Gasteiger partial charge in [-0.05, 0) is 80.3 Å². The third kappa shape index (κ3) is 13.7. The topological polar surface area (TPSA) is 46.9 Å². The van der Waals surface area contributed by atoms with E-state index >= 15 is 0 Å². The van der Waals surface area contributed by atoms with Crippen LogP contribution in [0.4, 0.5) is 0 Å². The third-order valence-corrected chi connectivity index (χ3v) is 9.54. The van der Waals surface area contributed by atoms with Gasteiger partial charge < -0.3 is 17.6 Å². The van der Waals surface area contributed by atoms with Crippen LogP contribution in [0.2, 0.25) is 0 Å². The normalized spacial score (nSPS) is 12.8. The molecule has 0 aliphatic heterocycles. The molecular formula is C44H61Cl2N2O2Zr+. The van der Waals surface area contributed by atoms with E-state index in [0.717, 1.165) is 41.5 Å². The van der Waals surface area contributed by atoms with E-state index in [1.807, 2.05) is 0 Å². The first-order valence-electron chi connectivity index (χ1n) is 17.5. The fourth-order valence-corrected chi connectivity index (χ4v) is 6.81. The number of likely N-dealkylation sites (N-methyl/N-ethyl adjacent to an activating group) is 2. The molecule has 0 radical (unpaired) electrons. The molecule has 0 aromatic heterocycles. The van der Waals surface area contributed by atoms with Crippen molar-refractivity contribution in [2.24, 2.45) is 0 Å². The van der Waals surface area contributed by atoms with E-state index < -0.39 is 20.8 Å². The molecule has 0 bridgehead atoms. The van der Waals surface area contributed by atoms with Crippen LogP contribution in [0.5, 0.6) is 11.5 Å². The van der Waals surface area contributed by atoms with Gasteiger partial charge in [-0.1, -0.05) is 138 Å². The zero-order chi connectivity index (χ0) is 37.2. The van der Waals surface area contributed by atoms with Crippen molar-refractivity contribution >= 4 is 17.0 Å². The molecular weight excluding hydrogens is 751 g/mol. The number of halogens is 2. The Morgan fingerprint density at radius 3 is 1.22 bits per heavy atom. The fourth-order valence-electron chi connectivity index (χ4n) is 6.81. The molecule has 7 heteroatoms. The summed E-state index contributed by atoms with van der Waals surface area (Å²) in [4.78, 5) is 4.86. The van der Waals surface area contributed by atoms with Crippen LogP contribution in [-0.4, -0.2) is 46.2 Å². The van der Waals surface area contributed by atoms with Gasteiger partial charge in [-0.3, -0.25) is 9.80 Å². The zero-order valence-electron chi connectivity index (χ0n) is 32.8. The maximum absolute atomic E-state index is 11.5. The van der Waals surface area contributed by atoms with Crippen LogP contribution < -0.4 is 0 Å². The molecule has 0 aliphatic carbocycles. The Bertz CT molecular complexity index is 1510. The molecule has 4 rings (SSSR count). The first kappa shape index (κ1) is 45.0. The van der Waals surface area contributed by atoms with Crippen molar-refractivity contribution in [1.29, 1.82) is 0 Å². The molecule has 0 saturated carbocycles. The van der Waals surface area contributed by atoms with Crippen LogP contribution in [0.15, 0.2) is 84.9 Å². The van der Waals surface area contributed by atoms with Gasteiger partial charge in [0.25, 0.3) is 0 Å². The third-order valence-electron chi connectivity index (χ3n) is 9.54. The SMILES string of the molecule is Cc1cc(CN(C)[C@H](Cc2ccccc2)C[C@@H](Cc2ccccc2)N(C)Cc2cc(C)cc(C(C)(C)C)c2O)c(O)c(C(C)(C)C)c1.[CH3-].[Cl][Zr+2][Cl]. The van der Waals surface area contributed by atoms with Crippen molar-refractivity contribution in [2.75, 3.05) is 14.1 Å². The van der Waals surface area contributed by atoms with E-state index in [-0.39, 0.29) is 30.3 Å². The Hall–Kier alpha value is -2.14. The Balaban J connectivity index is 0.00000217. The Morgan fingerprint density at radius 1 is 0.608 bits per heavy atom. The minimum absolute atomic E-state index is 0. The summed E-state index contributed by atoms with van der Waals surface area (Å²) >= 11 is -0.826. The molecule has 276 valence electrons. The second kappa shape index (κ2) is 20.4. The number of hydrogen-bond donors (Lipinski definition) is 2. The van der Waals surface area contributed by atoms with Gasteiger partial charge in [-0.2, -0.15) is 0 Å². The van der Waals surface area contributed by atoms with E-state index in [9.17, 15) is 10.2 Å². The molecule has 51 heavy (non-hydrogen) atoms. The summed E-state index contributed by atoms with van der Waals surface area (Å²) in [5.41, 5.74) is 8.60. The van der Waals surface area contributed by atoms with E-state index in [1.54, 1.807) is 0 Å². The van der Waals surface area contributed by atoms with E-state index in [4.69, 9.17) is 17.0 Å². The number of aryl methyl sites for hydroxylation is 2. The minimum atomic E-state index is -0.826. The summed E-state index contributed by atoms with van der Waals surface area (Å²) in [7, 11) is 14.3. The molecule has 4 nitrogen and oxygen atoms in total. The monoisotopic (exact) mass is 809 g/mol. The number of nitrogens with zero attached hydrogens (tertiary/aromatic N) is 2. The number of hydrogen-bond acceptors (Lipinski definition) is 4. The van der Waals surface area contributed by atoms with Crippen LogP contribution in [0.1, 0.15) is 92.5 Å². The molecule has 4 aromatic carbocycles. The fraction of sp³-hybridized carbons (Fsp3) is 0.432.